The van der Waals surface area contributed by atoms with E-state index in [1.807, 2.05) is 0 Å². The van der Waals surface area contributed by atoms with E-state index in [1.165, 1.54) is 24.3 Å². The highest BCUT2D eigenvalue weighted by molar-refractivity contribution is 6.04. The van der Waals surface area contributed by atoms with E-state index >= 15 is 0 Å². The summed E-state index contributed by atoms with van der Waals surface area (Å²) in [6.45, 7) is 0. The van der Waals surface area contributed by atoms with E-state index in [1.54, 1.807) is 35.3 Å². The van der Waals surface area contributed by atoms with Crippen molar-refractivity contribution in [3.05, 3.63) is 70.8 Å². The Bertz CT molecular complexity index is 824. The second kappa shape index (κ2) is 5.04. The van der Waals surface area contributed by atoms with Gasteiger partial charge in [0.1, 0.15) is 0 Å². The molecule has 0 aliphatic rings. The minimum absolute atomic E-state index is 0.0197. The molecule has 2 aromatic heterocycles. The maximum Gasteiger partial charge on any atom is 0.269 e. The van der Waals surface area contributed by atoms with Crippen LogP contribution in [0.15, 0.2) is 55.1 Å². The number of nitrogens with one attached hydrogen (secondary N) is 1. The average Bonchev–Trinajstić information content (AvgIpc) is 2.95. The molecule has 0 atom stereocenters. The van der Waals surface area contributed by atoms with Crippen molar-refractivity contribution in [1.82, 2.24) is 9.38 Å². The highest BCUT2D eigenvalue weighted by Crippen LogP contribution is 2.16. The normalized spacial score (nSPS) is 10.5. The Balaban J connectivity index is 1.80. The molecule has 7 nitrogen and oxygen atoms in total. The molecular formula is C14H10N4O3. The first-order chi connectivity index (χ1) is 10.1. The topological polar surface area (TPSA) is 89.5 Å². The van der Waals surface area contributed by atoms with Crippen LogP contribution in [0, 0.1) is 10.1 Å². The number of nitro groups is 1. The van der Waals surface area contributed by atoms with E-state index < -0.39 is 4.92 Å². The monoisotopic (exact) mass is 282 g/mol. The summed E-state index contributed by atoms with van der Waals surface area (Å²) >= 11 is 0. The zero-order valence-corrected chi connectivity index (χ0v) is 10.8. The van der Waals surface area contributed by atoms with Gasteiger partial charge in [0.25, 0.3) is 11.6 Å². The van der Waals surface area contributed by atoms with Gasteiger partial charge < -0.3 is 9.72 Å². The highest BCUT2D eigenvalue weighted by Gasteiger charge is 2.09. The summed E-state index contributed by atoms with van der Waals surface area (Å²) in [5.74, 6) is -0.285. The quantitative estimate of drug-likeness (QED) is 0.590. The minimum atomic E-state index is -0.487. The largest absolute Gasteiger partial charge is 0.322 e. The van der Waals surface area contributed by atoms with E-state index in [-0.39, 0.29) is 11.6 Å². The van der Waals surface area contributed by atoms with E-state index in [0.29, 0.717) is 11.3 Å². The number of hydrogen-bond donors (Lipinski definition) is 1. The molecule has 7 heteroatoms. The number of nitro benzene ring substituents is 1. The standard InChI is InChI=1S/C14H10N4O3/c19-14(10-5-6-17-9-15-8-13(17)7-10)16-11-1-3-12(4-2-11)18(20)21/h1-9H,(H,16,19). The van der Waals surface area contributed by atoms with Crippen molar-refractivity contribution in [3.8, 4) is 0 Å². The molecule has 0 aliphatic carbocycles. The van der Waals surface area contributed by atoms with Crippen LogP contribution in [0.1, 0.15) is 10.4 Å². The molecule has 1 amide bonds. The smallest absolute Gasteiger partial charge is 0.269 e. The van der Waals surface area contributed by atoms with Gasteiger partial charge in [0.05, 0.1) is 23.0 Å². The SMILES string of the molecule is O=C(Nc1ccc([N+](=O)[O-])cc1)c1ccn2cncc2c1. The van der Waals surface area contributed by atoms with Gasteiger partial charge in [-0.1, -0.05) is 0 Å². The summed E-state index contributed by atoms with van der Waals surface area (Å²) in [6, 6.07) is 9.06. The summed E-state index contributed by atoms with van der Waals surface area (Å²) in [4.78, 5) is 26.2. The predicted octanol–water partition coefficient (Wildman–Crippen LogP) is 2.49. The number of fused-ring (bicyclic) bond motifs is 1. The van der Waals surface area contributed by atoms with Gasteiger partial charge in [0.15, 0.2) is 0 Å². The fraction of sp³-hybridized carbons (Fsp3) is 0. The van der Waals surface area contributed by atoms with E-state index in [9.17, 15) is 14.9 Å². The summed E-state index contributed by atoms with van der Waals surface area (Å²) in [5.41, 5.74) is 1.78. The number of benzene rings is 1. The van der Waals surface area contributed by atoms with Crippen molar-refractivity contribution in [1.29, 1.82) is 0 Å². The summed E-state index contributed by atoms with van der Waals surface area (Å²) in [7, 11) is 0. The Hall–Kier alpha value is -3.22. The number of hydrogen-bond acceptors (Lipinski definition) is 4. The van der Waals surface area contributed by atoms with Crippen LogP contribution in [0.5, 0.6) is 0 Å². The third-order valence-electron chi connectivity index (χ3n) is 3.01. The first-order valence-electron chi connectivity index (χ1n) is 6.11. The number of nitrogens with zero attached hydrogens (tertiary/aromatic N) is 3. The molecule has 0 aliphatic heterocycles. The number of aromatic nitrogens is 2. The van der Waals surface area contributed by atoms with Gasteiger partial charge in [0.2, 0.25) is 0 Å². The van der Waals surface area contributed by atoms with Gasteiger partial charge in [-0.2, -0.15) is 0 Å². The molecule has 1 aromatic carbocycles. The van der Waals surface area contributed by atoms with Crippen molar-refractivity contribution in [2.24, 2.45) is 0 Å². The third-order valence-corrected chi connectivity index (χ3v) is 3.01. The van der Waals surface area contributed by atoms with Crippen LogP contribution in [0.4, 0.5) is 11.4 Å². The van der Waals surface area contributed by atoms with Crippen LogP contribution in [-0.4, -0.2) is 20.2 Å². The fourth-order valence-corrected chi connectivity index (χ4v) is 1.93. The van der Waals surface area contributed by atoms with Crippen LogP contribution in [0.2, 0.25) is 0 Å². The number of carbonyl (C=O) groups excluding carboxylic acids is 1. The van der Waals surface area contributed by atoms with Crippen molar-refractivity contribution in [3.63, 3.8) is 0 Å². The molecular weight excluding hydrogens is 272 g/mol. The maximum absolute atomic E-state index is 12.1. The molecule has 21 heavy (non-hydrogen) atoms. The van der Waals surface area contributed by atoms with E-state index in [0.717, 1.165) is 5.52 Å². The molecule has 3 aromatic rings. The number of amides is 1. The summed E-state index contributed by atoms with van der Waals surface area (Å²) < 4.78 is 1.79. The predicted molar refractivity (Wildman–Crippen MR) is 76.2 cm³/mol. The molecule has 1 N–H and O–H groups in total. The first-order valence-corrected chi connectivity index (χ1v) is 6.11. The molecule has 3 rings (SSSR count). The van der Waals surface area contributed by atoms with E-state index in [2.05, 4.69) is 10.3 Å². The third kappa shape index (κ3) is 2.57. The zero-order valence-electron chi connectivity index (χ0n) is 10.8. The second-order valence-corrected chi connectivity index (χ2v) is 4.40. The van der Waals surface area contributed by atoms with Crippen LogP contribution in [0.3, 0.4) is 0 Å². The minimum Gasteiger partial charge on any atom is -0.322 e. The average molecular weight is 282 g/mol. The van der Waals surface area contributed by atoms with Crippen molar-refractivity contribution < 1.29 is 9.72 Å². The van der Waals surface area contributed by atoms with Crippen molar-refractivity contribution in [2.75, 3.05) is 5.32 Å². The molecule has 0 bridgehead atoms. The van der Waals surface area contributed by atoms with Crippen LogP contribution in [-0.2, 0) is 0 Å². The molecule has 0 spiro atoms. The molecule has 0 saturated carbocycles. The molecule has 2 heterocycles. The Morgan fingerprint density at radius 3 is 2.71 bits per heavy atom. The van der Waals surface area contributed by atoms with Gasteiger partial charge in [-0.15, -0.1) is 0 Å². The number of imidazole rings is 1. The van der Waals surface area contributed by atoms with Gasteiger partial charge in [0, 0.05) is 29.6 Å². The molecule has 0 unspecified atom stereocenters. The van der Waals surface area contributed by atoms with Crippen LogP contribution >= 0.6 is 0 Å². The van der Waals surface area contributed by atoms with E-state index in [4.69, 9.17) is 0 Å². The molecule has 104 valence electrons. The molecule has 0 saturated heterocycles. The van der Waals surface area contributed by atoms with Gasteiger partial charge in [-0.05, 0) is 24.3 Å². The first kappa shape index (κ1) is 12.8. The Kier molecular flexibility index (Phi) is 3.07. The molecule has 0 fully saturated rings. The number of non-ortho nitro benzene ring substituents is 1. The number of rotatable bonds is 3. The number of carbonyl (C=O) groups is 1. The maximum atomic E-state index is 12.1. The Morgan fingerprint density at radius 2 is 2.00 bits per heavy atom. The lowest BCUT2D eigenvalue weighted by Gasteiger charge is -2.05. The Morgan fingerprint density at radius 1 is 1.24 bits per heavy atom. The number of pyridine rings is 1. The van der Waals surface area contributed by atoms with Gasteiger partial charge in [-0.25, -0.2) is 4.98 Å². The van der Waals surface area contributed by atoms with Crippen molar-refractivity contribution >= 4 is 22.8 Å². The molecule has 0 radical (unpaired) electrons. The summed E-state index contributed by atoms with van der Waals surface area (Å²) in [6.07, 6.45) is 5.04. The number of anilines is 1. The lowest BCUT2D eigenvalue weighted by molar-refractivity contribution is -0.384. The fourth-order valence-electron chi connectivity index (χ4n) is 1.93. The lowest BCUT2D eigenvalue weighted by Crippen LogP contribution is -2.12. The highest BCUT2D eigenvalue weighted by atomic mass is 16.6. The summed E-state index contributed by atoms with van der Waals surface area (Å²) in [5, 5.41) is 13.3. The lowest BCUT2D eigenvalue weighted by atomic mass is 10.2. The zero-order chi connectivity index (χ0) is 14.8. The Labute approximate surface area is 119 Å². The van der Waals surface area contributed by atoms with Gasteiger partial charge >= 0.3 is 0 Å². The van der Waals surface area contributed by atoms with Crippen LogP contribution < -0.4 is 5.32 Å². The van der Waals surface area contributed by atoms with Crippen LogP contribution in [0.25, 0.3) is 5.52 Å². The second-order valence-electron chi connectivity index (χ2n) is 4.40. The van der Waals surface area contributed by atoms with Gasteiger partial charge in [-0.3, -0.25) is 14.9 Å². The van der Waals surface area contributed by atoms with Crippen molar-refractivity contribution in [2.45, 2.75) is 0 Å².